The quantitative estimate of drug-likeness (QED) is 0.683. The predicted molar refractivity (Wildman–Crippen MR) is 79.7 cm³/mol. The van der Waals surface area contributed by atoms with Crippen LogP contribution in [0.25, 0.3) is 5.65 Å². The maximum Gasteiger partial charge on any atom is 0.274 e. The SMILES string of the molecule is Cc1cnc2n1CCN(C(=O)c1cc3ncc(Cl)cn3n1)C2. The molecule has 0 bridgehead atoms. The fourth-order valence-corrected chi connectivity index (χ4v) is 2.85. The number of imidazole rings is 1. The minimum atomic E-state index is -0.117. The van der Waals surface area contributed by atoms with Crippen LogP contribution in [0.2, 0.25) is 5.02 Å². The van der Waals surface area contributed by atoms with Gasteiger partial charge < -0.3 is 9.47 Å². The summed E-state index contributed by atoms with van der Waals surface area (Å²) >= 11 is 5.89. The van der Waals surface area contributed by atoms with Gasteiger partial charge in [-0.05, 0) is 6.92 Å². The number of aromatic nitrogens is 5. The summed E-state index contributed by atoms with van der Waals surface area (Å²) in [5, 5.41) is 4.74. The Kier molecular flexibility index (Phi) is 2.90. The minimum Gasteiger partial charge on any atom is -0.329 e. The highest BCUT2D eigenvalue weighted by Gasteiger charge is 2.25. The molecule has 0 saturated heterocycles. The van der Waals surface area contributed by atoms with E-state index in [1.165, 1.54) is 10.7 Å². The van der Waals surface area contributed by atoms with Gasteiger partial charge in [-0.3, -0.25) is 4.79 Å². The van der Waals surface area contributed by atoms with E-state index in [0.717, 1.165) is 18.1 Å². The second-order valence-electron chi connectivity index (χ2n) is 5.30. The molecular formula is C14H13ClN6O. The fraction of sp³-hybridized carbons (Fsp3) is 0.286. The van der Waals surface area contributed by atoms with Gasteiger partial charge in [0.2, 0.25) is 0 Å². The standard InChI is InChI=1S/C14H13ClN6O/c1-9-5-16-13-8-19(2-3-20(9)13)14(22)11-4-12-17-6-10(15)7-21(12)18-11/h4-7H,2-3,8H2,1H3. The summed E-state index contributed by atoms with van der Waals surface area (Å²) in [7, 11) is 0. The van der Waals surface area contributed by atoms with Crippen LogP contribution in [0.15, 0.2) is 24.7 Å². The smallest absolute Gasteiger partial charge is 0.274 e. The third-order valence-electron chi connectivity index (χ3n) is 3.85. The van der Waals surface area contributed by atoms with Gasteiger partial charge in [0.1, 0.15) is 5.82 Å². The Bertz CT molecular complexity index is 883. The Morgan fingerprint density at radius 3 is 3.00 bits per heavy atom. The highest BCUT2D eigenvalue weighted by atomic mass is 35.5. The molecule has 3 aromatic rings. The third-order valence-corrected chi connectivity index (χ3v) is 4.05. The normalized spacial score (nSPS) is 14.4. The predicted octanol–water partition coefficient (Wildman–Crippen LogP) is 1.54. The molecule has 7 nitrogen and oxygen atoms in total. The van der Waals surface area contributed by atoms with Gasteiger partial charge in [-0.2, -0.15) is 5.10 Å². The van der Waals surface area contributed by atoms with Gasteiger partial charge in [-0.15, -0.1) is 0 Å². The van der Waals surface area contributed by atoms with Crippen molar-refractivity contribution in [2.45, 2.75) is 20.0 Å². The molecule has 1 amide bonds. The van der Waals surface area contributed by atoms with E-state index in [-0.39, 0.29) is 5.91 Å². The lowest BCUT2D eigenvalue weighted by atomic mass is 10.3. The number of nitrogens with zero attached hydrogens (tertiary/aromatic N) is 6. The molecule has 0 unspecified atom stereocenters. The number of hydrogen-bond acceptors (Lipinski definition) is 4. The average molecular weight is 317 g/mol. The molecule has 0 aliphatic carbocycles. The van der Waals surface area contributed by atoms with Crippen LogP contribution in [0.1, 0.15) is 22.0 Å². The first-order chi connectivity index (χ1) is 10.6. The number of fused-ring (bicyclic) bond motifs is 2. The van der Waals surface area contributed by atoms with Crippen LogP contribution in [-0.4, -0.2) is 41.5 Å². The molecule has 22 heavy (non-hydrogen) atoms. The zero-order valence-electron chi connectivity index (χ0n) is 11.9. The molecule has 3 aromatic heterocycles. The van der Waals surface area contributed by atoms with Crippen molar-refractivity contribution in [2.75, 3.05) is 6.54 Å². The van der Waals surface area contributed by atoms with Gasteiger partial charge in [0.05, 0.1) is 17.8 Å². The molecule has 112 valence electrons. The lowest BCUT2D eigenvalue weighted by molar-refractivity contribution is 0.0700. The zero-order chi connectivity index (χ0) is 15.3. The molecule has 4 heterocycles. The van der Waals surface area contributed by atoms with E-state index in [9.17, 15) is 4.79 Å². The molecule has 0 aromatic carbocycles. The summed E-state index contributed by atoms with van der Waals surface area (Å²) in [5.74, 6) is 0.788. The fourth-order valence-electron chi connectivity index (χ4n) is 2.71. The molecule has 0 spiro atoms. The minimum absolute atomic E-state index is 0.117. The van der Waals surface area contributed by atoms with E-state index < -0.39 is 0 Å². The highest BCUT2D eigenvalue weighted by molar-refractivity contribution is 6.30. The van der Waals surface area contributed by atoms with Crippen molar-refractivity contribution in [3.8, 4) is 0 Å². The summed E-state index contributed by atoms with van der Waals surface area (Å²) in [5.41, 5.74) is 2.09. The Balaban J connectivity index is 1.63. The van der Waals surface area contributed by atoms with E-state index in [2.05, 4.69) is 19.6 Å². The van der Waals surface area contributed by atoms with Gasteiger partial charge in [0.25, 0.3) is 5.91 Å². The maximum absolute atomic E-state index is 12.6. The van der Waals surface area contributed by atoms with Crippen molar-refractivity contribution in [3.63, 3.8) is 0 Å². The van der Waals surface area contributed by atoms with Crippen molar-refractivity contribution >= 4 is 23.2 Å². The molecule has 1 aliphatic rings. The monoisotopic (exact) mass is 316 g/mol. The number of carbonyl (C=O) groups excluding carboxylic acids is 1. The first-order valence-electron chi connectivity index (χ1n) is 6.93. The van der Waals surface area contributed by atoms with E-state index in [1.54, 1.807) is 17.2 Å². The summed E-state index contributed by atoms with van der Waals surface area (Å²) in [6, 6.07) is 1.67. The van der Waals surface area contributed by atoms with Crippen LogP contribution in [0.3, 0.4) is 0 Å². The van der Waals surface area contributed by atoms with Crippen LogP contribution >= 0.6 is 11.6 Å². The van der Waals surface area contributed by atoms with Crippen LogP contribution in [0, 0.1) is 6.92 Å². The topological polar surface area (TPSA) is 68.3 Å². The maximum atomic E-state index is 12.6. The van der Waals surface area contributed by atoms with Crippen molar-refractivity contribution in [1.82, 2.24) is 29.0 Å². The van der Waals surface area contributed by atoms with Crippen molar-refractivity contribution in [1.29, 1.82) is 0 Å². The van der Waals surface area contributed by atoms with E-state index >= 15 is 0 Å². The first-order valence-corrected chi connectivity index (χ1v) is 7.31. The molecule has 0 radical (unpaired) electrons. The molecule has 4 rings (SSSR count). The summed E-state index contributed by atoms with van der Waals surface area (Å²) in [6.45, 7) is 3.91. The van der Waals surface area contributed by atoms with E-state index in [4.69, 9.17) is 11.6 Å². The number of halogens is 1. The summed E-state index contributed by atoms with van der Waals surface area (Å²) in [6.07, 6.45) is 5.00. The lowest BCUT2D eigenvalue weighted by Gasteiger charge is -2.27. The van der Waals surface area contributed by atoms with Gasteiger partial charge in [-0.1, -0.05) is 11.6 Å². The van der Waals surface area contributed by atoms with Crippen molar-refractivity contribution < 1.29 is 4.79 Å². The second kappa shape index (κ2) is 4.81. The van der Waals surface area contributed by atoms with Crippen LogP contribution in [-0.2, 0) is 13.1 Å². The van der Waals surface area contributed by atoms with Gasteiger partial charge in [-0.25, -0.2) is 14.5 Å². The van der Waals surface area contributed by atoms with Gasteiger partial charge in [0, 0.05) is 37.2 Å². The van der Waals surface area contributed by atoms with Crippen LogP contribution in [0.5, 0.6) is 0 Å². The van der Waals surface area contributed by atoms with Gasteiger partial charge in [0.15, 0.2) is 11.3 Å². The molecule has 0 saturated carbocycles. The molecule has 0 fully saturated rings. The number of hydrogen-bond donors (Lipinski definition) is 0. The zero-order valence-corrected chi connectivity index (χ0v) is 12.7. The van der Waals surface area contributed by atoms with Gasteiger partial charge >= 0.3 is 0 Å². The van der Waals surface area contributed by atoms with Crippen molar-refractivity contribution in [3.05, 3.63) is 46.9 Å². The summed E-state index contributed by atoms with van der Waals surface area (Å²) in [4.78, 5) is 22.9. The molecule has 1 aliphatic heterocycles. The van der Waals surface area contributed by atoms with Crippen LogP contribution in [0.4, 0.5) is 0 Å². The Labute approximate surface area is 131 Å². The van der Waals surface area contributed by atoms with E-state index in [1.807, 2.05) is 13.1 Å². The molecule has 8 heteroatoms. The molecular weight excluding hydrogens is 304 g/mol. The number of amides is 1. The molecule has 0 N–H and O–H groups in total. The highest BCUT2D eigenvalue weighted by Crippen LogP contribution is 2.17. The third kappa shape index (κ3) is 2.05. The van der Waals surface area contributed by atoms with E-state index in [0.29, 0.717) is 29.5 Å². The Morgan fingerprint density at radius 1 is 1.27 bits per heavy atom. The van der Waals surface area contributed by atoms with Crippen molar-refractivity contribution in [2.24, 2.45) is 0 Å². The Hall–Kier alpha value is -2.41. The number of carbonyl (C=O) groups is 1. The lowest BCUT2D eigenvalue weighted by Crippen LogP contribution is -2.38. The summed E-state index contributed by atoms with van der Waals surface area (Å²) < 4.78 is 3.65. The molecule has 0 atom stereocenters. The first kappa shape index (κ1) is 13.3. The Morgan fingerprint density at radius 2 is 2.14 bits per heavy atom. The second-order valence-corrected chi connectivity index (χ2v) is 5.74. The largest absolute Gasteiger partial charge is 0.329 e. The number of aryl methyl sites for hydroxylation is 1. The average Bonchev–Trinajstić information content (AvgIpc) is 3.09. The van der Waals surface area contributed by atoms with Crippen LogP contribution < -0.4 is 0 Å². The number of rotatable bonds is 1.